The summed E-state index contributed by atoms with van der Waals surface area (Å²) in [6, 6.07) is 4.01. The van der Waals surface area contributed by atoms with Gasteiger partial charge in [-0.2, -0.15) is 0 Å². The van der Waals surface area contributed by atoms with E-state index in [2.05, 4.69) is 21.9 Å². The van der Waals surface area contributed by atoms with Crippen LogP contribution >= 0.6 is 0 Å². The maximum atomic E-state index is 12.8. The second-order valence-corrected chi connectivity index (χ2v) is 9.33. The predicted molar refractivity (Wildman–Crippen MR) is 126 cm³/mol. The number of aromatic nitrogens is 3. The third-order valence-electron chi connectivity index (χ3n) is 5.77. The zero-order valence-electron chi connectivity index (χ0n) is 20.6. The molecule has 0 aromatic carbocycles. The highest BCUT2D eigenvalue weighted by molar-refractivity contribution is 5.69. The van der Waals surface area contributed by atoms with Crippen LogP contribution in [0.15, 0.2) is 24.7 Å². The SMILES string of the molecule is CCc1ncccc1Oc1ncnc(OCCC2CCC(CC)N2C(=O)OC(C)(C)C)c1C. The van der Waals surface area contributed by atoms with E-state index in [9.17, 15) is 4.79 Å². The number of carbonyl (C=O) groups excluding carboxylic acids is 1. The largest absolute Gasteiger partial charge is 0.477 e. The maximum absolute atomic E-state index is 12.8. The lowest BCUT2D eigenvalue weighted by atomic mass is 10.1. The van der Waals surface area contributed by atoms with E-state index < -0.39 is 5.60 Å². The highest BCUT2D eigenvalue weighted by Crippen LogP contribution is 2.32. The van der Waals surface area contributed by atoms with Crippen molar-refractivity contribution in [3.05, 3.63) is 35.9 Å². The first-order chi connectivity index (χ1) is 15.7. The summed E-state index contributed by atoms with van der Waals surface area (Å²) in [4.78, 5) is 27.6. The summed E-state index contributed by atoms with van der Waals surface area (Å²) in [6.07, 6.45) is 7.25. The van der Waals surface area contributed by atoms with E-state index in [1.165, 1.54) is 6.33 Å². The molecule has 0 aliphatic carbocycles. The second kappa shape index (κ2) is 10.8. The molecule has 0 bridgehead atoms. The summed E-state index contributed by atoms with van der Waals surface area (Å²) in [6.45, 7) is 12.1. The Kier molecular flexibility index (Phi) is 8.10. The summed E-state index contributed by atoms with van der Waals surface area (Å²) < 4.78 is 17.7. The van der Waals surface area contributed by atoms with Gasteiger partial charge in [0.25, 0.3) is 0 Å². The molecular formula is C25H36N4O4. The number of hydrogen-bond donors (Lipinski definition) is 0. The van der Waals surface area contributed by atoms with Crippen LogP contribution in [0.1, 0.15) is 71.6 Å². The number of likely N-dealkylation sites (tertiary alicyclic amines) is 1. The Morgan fingerprint density at radius 1 is 1.12 bits per heavy atom. The van der Waals surface area contributed by atoms with Crippen LogP contribution < -0.4 is 9.47 Å². The highest BCUT2D eigenvalue weighted by atomic mass is 16.6. The maximum Gasteiger partial charge on any atom is 0.410 e. The second-order valence-electron chi connectivity index (χ2n) is 9.33. The van der Waals surface area contributed by atoms with Crippen LogP contribution in [0, 0.1) is 6.92 Å². The lowest BCUT2D eigenvalue weighted by molar-refractivity contribution is 0.0125. The van der Waals surface area contributed by atoms with Crippen molar-refractivity contribution in [2.75, 3.05) is 6.61 Å². The number of carbonyl (C=O) groups is 1. The smallest absolute Gasteiger partial charge is 0.410 e. The summed E-state index contributed by atoms with van der Waals surface area (Å²) in [7, 11) is 0. The normalized spacial score (nSPS) is 18.3. The van der Waals surface area contributed by atoms with Gasteiger partial charge in [0.2, 0.25) is 11.8 Å². The average Bonchev–Trinajstić information content (AvgIpc) is 3.18. The zero-order chi connectivity index (χ0) is 24.0. The molecule has 1 saturated heterocycles. The quantitative estimate of drug-likeness (QED) is 0.520. The summed E-state index contributed by atoms with van der Waals surface area (Å²) in [5, 5.41) is 0. The molecular weight excluding hydrogens is 420 g/mol. The van der Waals surface area contributed by atoms with Gasteiger partial charge in [-0.3, -0.25) is 4.98 Å². The Labute approximate surface area is 196 Å². The minimum atomic E-state index is -0.514. The van der Waals surface area contributed by atoms with Gasteiger partial charge >= 0.3 is 6.09 Å². The first-order valence-corrected chi connectivity index (χ1v) is 11.8. The number of rotatable bonds is 8. The van der Waals surface area contributed by atoms with Crippen LogP contribution in [0.4, 0.5) is 4.79 Å². The molecule has 3 heterocycles. The molecule has 2 atom stereocenters. The van der Waals surface area contributed by atoms with E-state index in [1.54, 1.807) is 6.20 Å². The van der Waals surface area contributed by atoms with E-state index in [0.717, 1.165) is 36.9 Å². The van der Waals surface area contributed by atoms with Gasteiger partial charge in [0, 0.05) is 24.7 Å². The molecule has 1 aliphatic heterocycles. The fourth-order valence-electron chi connectivity index (χ4n) is 4.10. The van der Waals surface area contributed by atoms with Gasteiger partial charge in [-0.15, -0.1) is 0 Å². The van der Waals surface area contributed by atoms with Gasteiger partial charge in [-0.25, -0.2) is 14.8 Å². The highest BCUT2D eigenvalue weighted by Gasteiger charge is 2.38. The minimum absolute atomic E-state index is 0.0881. The van der Waals surface area contributed by atoms with E-state index in [0.29, 0.717) is 30.5 Å². The first kappa shape index (κ1) is 24.7. The Balaban J connectivity index is 1.64. The summed E-state index contributed by atoms with van der Waals surface area (Å²) >= 11 is 0. The average molecular weight is 457 g/mol. The molecule has 8 heteroatoms. The standard InChI is InChI=1S/C25H36N4O4/c1-7-18-11-12-19(29(18)24(30)33-25(4,5)6)13-15-31-22-17(3)23(28-16-27-22)32-21-10-9-14-26-20(21)8-2/h9-10,14,16,18-19H,7-8,11-13,15H2,1-6H3. The van der Waals surface area contributed by atoms with E-state index in [1.807, 2.05) is 51.7 Å². The number of hydrogen-bond acceptors (Lipinski definition) is 7. The number of pyridine rings is 1. The number of amides is 1. The van der Waals surface area contributed by atoms with E-state index in [4.69, 9.17) is 14.2 Å². The lowest BCUT2D eigenvalue weighted by Gasteiger charge is -2.32. The zero-order valence-corrected chi connectivity index (χ0v) is 20.6. The molecule has 180 valence electrons. The van der Waals surface area contributed by atoms with Crippen molar-refractivity contribution in [3.8, 4) is 17.5 Å². The fourth-order valence-corrected chi connectivity index (χ4v) is 4.10. The molecule has 0 saturated carbocycles. The van der Waals surface area contributed by atoms with E-state index in [-0.39, 0.29) is 18.2 Å². The van der Waals surface area contributed by atoms with Crippen LogP contribution in [0.2, 0.25) is 0 Å². The van der Waals surface area contributed by atoms with Gasteiger partial charge in [0.1, 0.15) is 11.9 Å². The van der Waals surface area contributed by atoms with Crippen molar-refractivity contribution >= 4 is 6.09 Å². The molecule has 1 aliphatic rings. The molecule has 8 nitrogen and oxygen atoms in total. The van der Waals surface area contributed by atoms with E-state index >= 15 is 0 Å². The summed E-state index contributed by atoms with van der Waals surface area (Å²) in [5.74, 6) is 1.61. The van der Waals surface area contributed by atoms with Crippen LogP contribution in [-0.2, 0) is 11.2 Å². The van der Waals surface area contributed by atoms with Gasteiger partial charge in [0.05, 0.1) is 17.9 Å². The molecule has 3 rings (SSSR count). The van der Waals surface area contributed by atoms with Crippen LogP contribution in [0.25, 0.3) is 0 Å². The van der Waals surface area contributed by atoms with Crippen molar-refractivity contribution in [1.29, 1.82) is 0 Å². The Hall–Kier alpha value is -2.90. The van der Waals surface area contributed by atoms with Crippen molar-refractivity contribution < 1.29 is 19.0 Å². The third-order valence-corrected chi connectivity index (χ3v) is 5.77. The summed E-state index contributed by atoms with van der Waals surface area (Å²) in [5.41, 5.74) is 1.08. The van der Waals surface area contributed by atoms with Gasteiger partial charge in [-0.05, 0) is 65.5 Å². The number of ether oxygens (including phenoxy) is 3. The lowest BCUT2D eigenvalue weighted by Crippen LogP contribution is -2.44. The molecule has 1 amide bonds. The Morgan fingerprint density at radius 3 is 2.55 bits per heavy atom. The van der Waals surface area contributed by atoms with Crippen molar-refractivity contribution in [3.63, 3.8) is 0 Å². The molecule has 0 radical (unpaired) electrons. The number of aryl methyl sites for hydroxylation is 1. The predicted octanol–water partition coefficient (Wildman–Crippen LogP) is 5.48. The molecule has 0 spiro atoms. The first-order valence-electron chi connectivity index (χ1n) is 11.8. The van der Waals surface area contributed by atoms with Gasteiger partial charge in [-0.1, -0.05) is 13.8 Å². The molecule has 2 unspecified atom stereocenters. The molecule has 2 aromatic heterocycles. The molecule has 0 N–H and O–H groups in total. The van der Waals surface area contributed by atoms with Crippen molar-refractivity contribution in [1.82, 2.24) is 19.9 Å². The van der Waals surface area contributed by atoms with Crippen LogP contribution in [-0.4, -0.2) is 50.2 Å². The Morgan fingerprint density at radius 2 is 1.85 bits per heavy atom. The number of nitrogens with zero attached hydrogens (tertiary/aromatic N) is 4. The minimum Gasteiger partial charge on any atom is -0.477 e. The molecule has 2 aromatic rings. The molecule has 33 heavy (non-hydrogen) atoms. The van der Waals surface area contributed by atoms with Crippen LogP contribution in [0.3, 0.4) is 0 Å². The monoisotopic (exact) mass is 456 g/mol. The fraction of sp³-hybridized carbons (Fsp3) is 0.600. The van der Waals surface area contributed by atoms with Crippen LogP contribution in [0.5, 0.6) is 17.5 Å². The topological polar surface area (TPSA) is 86.7 Å². The van der Waals surface area contributed by atoms with Crippen molar-refractivity contribution in [2.24, 2.45) is 0 Å². The van der Waals surface area contributed by atoms with Gasteiger partial charge in [0.15, 0.2) is 5.75 Å². The van der Waals surface area contributed by atoms with Gasteiger partial charge < -0.3 is 19.1 Å². The molecule has 1 fully saturated rings. The third kappa shape index (κ3) is 6.33. The Bertz CT molecular complexity index is 944. The van der Waals surface area contributed by atoms with Crippen molar-refractivity contribution in [2.45, 2.75) is 91.3 Å².